The Morgan fingerprint density at radius 3 is 2.25 bits per heavy atom. The molecule has 0 bridgehead atoms. The van der Waals surface area contributed by atoms with E-state index in [-0.39, 0.29) is 11.4 Å². The van der Waals surface area contributed by atoms with E-state index < -0.39 is 17.1 Å². The summed E-state index contributed by atoms with van der Waals surface area (Å²) in [7, 11) is 2.77. The van der Waals surface area contributed by atoms with Crippen LogP contribution in [0.5, 0.6) is 5.88 Å². The van der Waals surface area contributed by atoms with Crippen LogP contribution in [0.25, 0.3) is 0 Å². The highest BCUT2D eigenvalue weighted by atomic mass is 19.1. The SMILES string of the molecule is CCCCCCCCC(=Nc1ccc(F)cc1)c1c(O)n(C)c(=O)n(C)c1=O. The molecular formula is C21H28FN3O3. The molecule has 0 aliphatic rings. The number of aromatic nitrogens is 2. The Balaban J connectivity index is 2.40. The van der Waals surface area contributed by atoms with Crippen LogP contribution < -0.4 is 11.2 Å². The van der Waals surface area contributed by atoms with E-state index in [1.54, 1.807) is 0 Å². The third kappa shape index (κ3) is 5.18. The van der Waals surface area contributed by atoms with E-state index in [2.05, 4.69) is 11.9 Å². The molecule has 1 aromatic carbocycles. The molecule has 1 heterocycles. The number of halogens is 1. The second-order valence-electron chi connectivity index (χ2n) is 6.96. The van der Waals surface area contributed by atoms with E-state index in [0.717, 1.165) is 34.8 Å². The van der Waals surface area contributed by atoms with Crippen LogP contribution >= 0.6 is 0 Å². The molecule has 152 valence electrons. The standard InChI is InChI=1S/C21H28FN3O3/c1-4-5-6-7-8-9-10-17(23-16-13-11-15(22)12-14-16)18-19(26)24(2)21(28)25(3)20(18)27/h11-14,26H,4-10H2,1-3H3. The maximum Gasteiger partial charge on any atom is 0.333 e. The molecule has 2 rings (SSSR count). The van der Waals surface area contributed by atoms with Gasteiger partial charge >= 0.3 is 5.69 Å². The lowest BCUT2D eigenvalue weighted by Crippen LogP contribution is -2.40. The highest BCUT2D eigenvalue weighted by molar-refractivity contribution is 6.03. The average Bonchev–Trinajstić information content (AvgIpc) is 2.69. The molecule has 0 atom stereocenters. The fourth-order valence-electron chi connectivity index (χ4n) is 3.07. The molecule has 0 spiro atoms. The number of benzene rings is 1. The van der Waals surface area contributed by atoms with Gasteiger partial charge in [-0.15, -0.1) is 0 Å². The predicted molar refractivity (Wildman–Crippen MR) is 109 cm³/mol. The Bertz CT molecular complexity index is 943. The summed E-state index contributed by atoms with van der Waals surface area (Å²) in [5, 5.41) is 10.5. The molecule has 0 fully saturated rings. The molecule has 0 aliphatic carbocycles. The average molecular weight is 389 g/mol. The molecule has 0 aliphatic heterocycles. The van der Waals surface area contributed by atoms with E-state index in [1.165, 1.54) is 51.2 Å². The van der Waals surface area contributed by atoms with Crippen LogP contribution in [0.3, 0.4) is 0 Å². The van der Waals surface area contributed by atoms with Gasteiger partial charge in [0.2, 0.25) is 5.88 Å². The quantitative estimate of drug-likeness (QED) is 0.523. The van der Waals surface area contributed by atoms with Crippen LogP contribution in [0, 0.1) is 5.82 Å². The molecular weight excluding hydrogens is 361 g/mol. The van der Waals surface area contributed by atoms with Gasteiger partial charge in [-0.2, -0.15) is 0 Å². The van der Waals surface area contributed by atoms with E-state index in [0.29, 0.717) is 17.8 Å². The van der Waals surface area contributed by atoms with Gasteiger partial charge in [0.05, 0.1) is 11.4 Å². The number of unbranched alkanes of at least 4 members (excludes halogenated alkanes) is 5. The van der Waals surface area contributed by atoms with Gasteiger partial charge in [0, 0.05) is 14.1 Å². The van der Waals surface area contributed by atoms with Crippen molar-refractivity contribution in [2.75, 3.05) is 0 Å². The number of rotatable bonds is 9. The van der Waals surface area contributed by atoms with Crippen LogP contribution in [0.15, 0.2) is 38.8 Å². The lowest BCUT2D eigenvalue weighted by Gasteiger charge is -2.13. The fraction of sp³-hybridized carbons (Fsp3) is 0.476. The van der Waals surface area contributed by atoms with Crippen LogP contribution in [0.2, 0.25) is 0 Å². The Morgan fingerprint density at radius 1 is 1.00 bits per heavy atom. The van der Waals surface area contributed by atoms with Gasteiger partial charge in [0.1, 0.15) is 11.4 Å². The predicted octanol–water partition coefficient (Wildman–Crippen LogP) is 3.80. The fourth-order valence-corrected chi connectivity index (χ4v) is 3.07. The van der Waals surface area contributed by atoms with Gasteiger partial charge in [0.25, 0.3) is 5.56 Å². The summed E-state index contributed by atoms with van der Waals surface area (Å²) in [6.07, 6.45) is 6.87. The Labute approximate surface area is 164 Å². The first-order valence-electron chi connectivity index (χ1n) is 9.69. The van der Waals surface area contributed by atoms with Gasteiger partial charge in [-0.05, 0) is 37.1 Å². The highest BCUT2D eigenvalue weighted by Crippen LogP contribution is 2.20. The van der Waals surface area contributed by atoms with Gasteiger partial charge in [-0.3, -0.25) is 18.9 Å². The molecule has 2 aromatic rings. The monoisotopic (exact) mass is 389 g/mol. The van der Waals surface area contributed by atoms with Crippen molar-refractivity contribution in [3.8, 4) is 5.88 Å². The van der Waals surface area contributed by atoms with E-state index in [4.69, 9.17) is 0 Å². The Hall–Kier alpha value is -2.70. The van der Waals surface area contributed by atoms with E-state index in [9.17, 15) is 19.1 Å². The largest absolute Gasteiger partial charge is 0.494 e. The molecule has 0 amide bonds. The first-order valence-corrected chi connectivity index (χ1v) is 9.69. The lowest BCUT2D eigenvalue weighted by atomic mass is 10.0. The summed E-state index contributed by atoms with van der Waals surface area (Å²) in [6.45, 7) is 2.16. The topological polar surface area (TPSA) is 76.6 Å². The minimum absolute atomic E-state index is 0.0162. The Morgan fingerprint density at radius 2 is 1.61 bits per heavy atom. The smallest absolute Gasteiger partial charge is 0.333 e. The van der Waals surface area contributed by atoms with E-state index >= 15 is 0 Å². The first kappa shape index (κ1) is 21.6. The maximum absolute atomic E-state index is 13.2. The third-order valence-corrected chi connectivity index (χ3v) is 4.78. The van der Waals surface area contributed by atoms with Crippen LogP contribution in [0.4, 0.5) is 10.1 Å². The van der Waals surface area contributed by atoms with Crippen molar-refractivity contribution >= 4 is 11.4 Å². The second kappa shape index (κ2) is 10.0. The molecule has 0 radical (unpaired) electrons. The third-order valence-electron chi connectivity index (χ3n) is 4.78. The zero-order chi connectivity index (χ0) is 20.7. The maximum atomic E-state index is 13.2. The number of nitrogens with zero attached hydrogens (tertiary/aromatic N) is 3. The summed E-state index contributed by atoms with van der Waals surface area (Å²) >= 11 is 0. The zero-order valence-electron chi connectivity index (χ0n) is 16.7. The van der Waals surface area contributed by atoms with Gasteiger partial charge in [0.15, 0.2) is 0 Å². The Kier molecular flexibility index (Phi) is 7.72. The van der Waals surface area contributed by atoms with Crippen molar-refractivity contribution in [2.24, 2.45) is 19.1 Å². The number of aromatic hydroxyl groups is 1. The minimum atomic E-state index is -0.605. The molecule has 0 saturated carbocycles. The van der Waals surface area contributed by atoms with Crippen molar-refractivity contribution in [3.63, 3.8) is 0 Å². The highest BCUT2D eigenvalue weighted by Gasteiger charge is 2.20. The number of hydrogen-bond acceptors (Lipinski definition) is 4. The molecule has 0 saturated heterocycles. The molecule has 7 heteroatoms. The molecule has 1 aromatic heterocycles. The summed E-state index contributed by atoms with van der Waals surface area (Å²) in [6, 6.07) is 5.61. The molecule has 6 nitrogen and oxygen atoms in total. The van der Waals surface area contributed by atoms with Gasteiger partial charge < -0.3 is 5.11 Å². The van der Waals surface area contributed by atoms with Crippen molar-refractivity contribution < 1.29 is 9.50 Å². The van der Waals surface area contributed by atoms with Crippen LogP contribution in [-0.4, -0.2) is 20.0 Å². The molecule has 28 heavy (non-hydrogen) atoms. The second-order valence-corrected chi connectivity index (χ2v) is 6.96. The van der Waals surface area contributed by atoms with Crippen molar-refractivity contribution in [1.29, 1.82) is 0 Å². The van der Waals surface area contributed by atoms with Crippen LogP contribution in [-0.2, 0) is 14.1 Å². The zero-order valence-corrected chi connectivity index (χ0v) is 16.7. The van der Waals surface area contributed by atoms with Crippen molar-refractivity contribution in [3.05, 3.63) is 56.5 Å². The summed E-state index contributed by atoms with van der Waals surface area (Å²) in [4.78, 5) is 29.2. The summed E-state index contributed by atoms with van der Waals surface area (Å²) < 4.78 is 15.2. The van der Waals surface area contributed by atoms with Crippen molar-refractivity contribution in [2.45, 2.75) is 51.9 Å². The molecule has 0 unspecified atom stereocenters. The summed E-state index contributed by atoms with van der Waals surface area (Å²) in [5.74, 6) is -0.780. The van der Waals surface area contributed by atoms with Gasteiger partial charge in [-0.25, -0.2) is 9.18 Å². The lowest BCUT2D eigenvalue weighted by molar-refractivity contribution is 0.410. The summed E-state index contributed by atoms with van der Waals surface area (Å²) in [5.41, 5.74) is -0.296. The van der Waals surface area contributed by atoms with Crippen molar-refractivity contribution in [1.82, 2.24) is 9.13 Å². The van der Waals surface area contributed by atoms with Gasteiger partial charge in [-0.1, -0.05) is 39.0 Å². The number of hydrogen-bond donors (Lipinski definition) is 1. The first-order chi connectivity index (χ1) is 13.4. The minimum Gasteiger partial charge on any atom is -0.494 e. The molecule has 1 N–H and O–H groups in total. The van der Waals surface area contributed by atoms with E-state index in [1.807, 2.05) is 0 Å². The normalized spacial score (nSPS) is 11.8. The van der Waals surface area contributed by atoms with Crippen LogP contribution in [0.1, 0.15) is 57.4 Å². The number of aliphatic imine (C=N–C) groups is 1.